The summed E-state index contributed by atoms with van der Waals surface area (Å²) in [6.45, 7) is 0. The van der Waals surface area contributed by atoms with Crippen LogP contribution < -0.4 is 16.2 Å². The van der Waals surface area contributed by atoms with E-state index in [9.17, 15) is 9.59 Å². The van der Waals surface area contributed by atoms with Crippen LogP contribution in [0.25, 0.3) is 11.3 Å². The van der Waals surface area contributed by atoms with E-state index < -0.39 is 5.91 Å². The van der Waals surface area contributed by atoms with Crippen molar-refractivity contribution in [3.8, 4) is 11.3 Å². The van der Waals surface area contributed by atoms with E-state index in [1.165, 1.54) is 24.2 Å². The van der Waals surface area contributed by atoms with Crippen LogP contribution in [0.4, 0.5) is 17.2 Å². The number of amides is 1. The molecule has 160 valence electrons. The number of thioether (sulfide) groups is 1. The van der Waals surface area contributed by atoms with E-state index in [0.717, 1.165) is 16.9 Å². The van der Waals surface area contributed by atoms with E-state index in [0.29, 0.717) is 23.1 Å². The molecule has 2 aromatic carbocycles. The van der Waals surface area contributed by atoms with Gasteiger partial charge in [0.2, 0.25) is 0 Å². The molecule has 32 heavy (non-hydrogen) atoms. The zero-order valence-corrected chi connectivity index (χ0v) is 18.0. The highest BCUT2D eigenvalue weighted by Crippen LogP contribution is 2.22. The minimum atomic E-state index is -0.442. The zero-order valence-electron chi connectivity index (χ0n) is 17.2. The van der Waals surface area contributed by atoms with Gasteiger partial charge < -0.3 is 15.6 Å². The summed E-state index contributed by atoms with van der Waals surface area (Å²) in [6, 6.07) is 20.1. The summed E-state index contributed by atoms with van der Waals surface area (Å²) in [6.07, 6.45) is 3.41. The number of anilines is 3. The molecule has 0 saturated carbocycles. The highest BCUT2D eigenvalue weighted by molar-refractivity contribution is 7.97. The van der Waals surface area contributed by atoms with Crippen LogP contribution in [-0.4, -0.2) is 32.1 Å². The fourth-order valence-electron chi connectivity index (χ4n) is 3.00. The van der Waals surface area contributed by atoms with Crippen molar-refractivity contribution < 1.29 is 4.79 Å². The average Bonchev–Trinajstić information content (AvgIpc) is 2.81. The van der Waals surface area contributed by atoms with Gasteiger partial charge in [-0.15, -0.1) is 0 Å². The molecular weight excluding hydrogens is 424 g/mol. The Labute approximate surface area is 188 Å². The van der Waals surface area contributed by atoms with E-state index in [2.05, 4.69) is 30.6 Å². The summed E-state index contributed by atoms with van der Waals surface area (Å²) < 4.78 is 0. The number of aromatic amines is 1. The first-order valence-corrected chi connectivity index (χ1v) is 11.2. The van der Waals surface area contributed by atoms with Crippen molar-refractivity contribution >= 4 is 34.9 Å². The Bertz CT molecular complexity index is 1280. The maximum absolute atomic E-state index is 12.5. The molecule has 1 amide bonds. The Morgan fingerprint density at radius 2 is 1.75 bits per heavy atom. The van der Waals surface area contributed by atoms with Crippen molar-refractivity contribution in [3.05, 3.63) is 94.9 Å². The van der Waals surface area contributed by atoms with Crippen molar-refractivity contribution in [3.63, 3.8) is 0 Å². The van der Waals surface area contributed by atoms with Crippen LogP contribution in [-0.2, 0) is 5.75 Å². The molecule has 0 unspecified atom stereocenters. The molecule has 0 aliphatic heterocycles. The number of nitrogens with one attached hydrogen (secondary N) is 3. The second kappa shape index (κ2) is 9.88. The smallest absolute Gasteiger partial charge is 0.274 e. The Morgan fingerprint density at radius 3 is 2.50 bits per heavy atom. The number of hydrogen-bond donors (Lipinski definition) is 3. The second-order valence-electron chi connectivity index (χ2n) is 6.82. The van der Waals surface area contributed by atoms with E-state index in [1.807, 2.05) is 54.8 Å². The molecule has 0 saturated heterocycles. The first kappa shape index (κ1) is 21.3. The van der Waals surface area contributed by atoms with Gasteiger partial charge in [-0.25, -0.2) is 15.0 Å². The minimum Gasteiger partial charge on any atom is -0.340 e. The molecule has 0 atom stereocenters. The lowest BCUT2D eigenvalue weighted by Crippen LogP contribution is -2.20. The van der Waals surface area contributed by atoms with E-state index in [4.69, 9.17) is 0 Å². The molecule has 4 rings (SSSR count). The third-order valence-electron chi connectivity index (χ3n) is 4.46. The van der Waals surface area contributed by atoms with Crippen LogP contribution in [0, 0.1) is 0 Å². The van der Waals surface area contributed by atoms with Crippen molar-refractivity contribution in [1.29, 1.82) is 0 Å². The van der Waals surface area contributed by atoms with Gasteiger partial charge in [0.25, 0.3) is 11.5 Å². The number of carbonyl (C=O) groups is 1. The van der Waals surface area contributed by atoms with Crippen molar-refractivity contribution in [1.82, 2.24) is 19.9 Å². The van der Waals surface area contributed by atoms with Crippen molar-refractivity contribution in [2.45, 2.75) is 5.75 Å². The average molecular weight is 445 g/mol. The third-order valence-corrected chi connectivity index (χ3v) is 5.02. The van der Waals surface area contributed by atoms with Gasteiger partial charge in [0.05, 0.1) is 11.4 Å². The highest BCUT2D eigenvalue weighted by Gasteiger charge is 2.11. The molecule has 2 heterocycles. The number of H-pyrrole nitrogens is 1. The van der Waals surface area contributed by atoms with Gasteiger partial charge in [-0.2, -0.15) is 11.8 Å². The topological polar surface area (TPSA) is 113 Å². The largest absolute Gasteiger partial charge is 0.340 e. The second-order valence-corrected chi connectivity index (χ2v) is 7.69. The third kappa shape index (κ3) is 5.38. The van der Waals surface area contributed by atoms with E-state index in [1.54, 1.807) is 12.1 Å². The van der Waals surface area contributed by atoms with Gasteiger partial charge in [0.15, 0.2) is 0 Å². The number of aromatic nitrogens is 4. The molecule has 0 radical (unpaired) electrons. The van der Waals surface area contributed by atoms with Crippen LogP contribution in [0.5, 0.6) is 0 Å². The molecule has 8 nitrogen and oxygen atoms in total. The van der Waals surface area contributed by atoms with Gasteiger partial charge in [-0.05, 0) is 30.5 Å². The Balaban J connectivity index is 1.44. The summed E-state index contributed by atoms with van der Waals surface area (Å²) in [4.78, 5) is 39.7. The standard InChI is InChI=1S/C23H20N6O2S/c1-32-13-21-28-19(12-22(30)29-21)23(31)27-17-9-7-16(8-10-17)26-20-11-18(24-14-25-20)15-5-3-2-4-6-15/h2-12,14H,13H2,1H3,(H,27,31)(H,24,25,26)(H,28,29,30). The number of benzene rings is 2. The molecule has 3 N–H and O–H groups in total. The minimum absolute atomic E-state index is 0.0782. The summed E-state index contributed by atoms with van der Waals surface area (Å²) in [7, 11) is 0. The van der Waals surface area contributed by atoms with Gasteiger partial charge in [0, 0.05) is 29.1 Å². The highest BCUT2D eigenvalue weighted by atomic mass is 32.2. The van der Waals surface area contributed by atoms with Crippen LogP contribution in [0.1, 0.15) is 16.3 Å². The molecule has 4 aromatic rings. The van der Waals surface area contributed by atoms with E-state index in [-0.39, 0.29) is 11.3 Å². The van der Waals surface area contributed by atoms with Crippen LogP contribution in [0.15, 0.2) is 77.9 Å². The number of carbonyl (C=O) groups excluding carboxylic acids is 1. The quantitative estimate of drug-likeness (QED) is 0.394. The fourth-order valence-corrected chi connectivity index (χ4v) is 3.41. The van der Waals surface area contributed by atoms with Gasteiger partial charge in [0.1, 0.15) is 23.7 Å². The molecular formula is C23H20N6O2S. The van der Waals surface area contributed by atoms with Crippen molar-refractivity contribution in [2.24, 2.45) is 0 Å². The van der Waals surface area contributed by atoms with Crippen LogP contribution in [0.3, 0.4) is 0 Å². The molecule has 2 aromatic heterocycles. The maximum Gasteiger partial charge on any atom is 0.274 e. The molecule has 0 bridgehead atoms. The Morgan fingerprint density at radius 1 is 1.00 bits per heavy atom. The normalized spacial score (nSPS) is 10.5. The summed E-state index contributed by atoms with van der Waals surface area (Å²) >= 11 is 1.51. The van der Waals surface area contributed by atoms with Crippen molar-refractivity contribution in [2.75, 3.05) is 16.9 Å². The molecule has 0 aliphatic carbocycles. The van der Waals surface area contributed by atoms with Gasteiger partial charge in [-0.3, -0.25) is 9.59 Å². The summed E-state index contributed by atoms with van der Waals surface area (Å²) in [5.74, 6) is 1.20. The monoisotopic (exact) mass is 444 g/mol. The number of nitrogens with zero attached hydrogens (tertiary/aromatic N) is 3. The Hall–Kier alpha value is -3.98. The van der Waals surface area contributed by atoms with E-state index >= 15 is 0 Å². The predicted molar refractivity (Wildman–Crippen MR) is 127 cm³/mol. The lowest BCUT2D eigenvalue weighted by atomic mass is 10.1. The first-order valence-electron chi connectivity index (χ1n) is 9.76. The Kier molecular flexibility index (Phi) is 6.57. The molecule has 0 spiro atoms. The zero-order chi connectivity index (χ0) is 22.3. The predicted octanol–water partition coefficient (Wildman–Crippen LogP) is 4.09. The molecule has 0 fully saturated rings. The summed E-state index contributed by atoms with van der Waals surface area (Å²) in [5, 5.41) is 5.99. The van der Waals surface area contributed by atoms with Crippen LogP contribution >= 0.6 is 11.8 Å². The molecule has 9 heteroatoms. The maximum atomic E-state index is 12.5. The SMILES string of the molecule is CSCc1nc(C(=O)Nc2ccc(Nc3cc(-c4ccccc4)ncn3)cc2)cc(=O)[nH]1. The van der Waals surface area contributed by atoms with Gasteiger partial charge in [-0.1, -0.05) is 30.3 Å². The van der Waals surface area contributed by atoms with Crippen LogP contribution in [0.2, 0.25) is 0 Å². The lowest BCUT2D eigenvalue weighted by Gasteiger charge is -2.09. The first-order chi connectivity index (χ1) is 15.6. The lowest BCUT2D eigenvalue weighted by molar-refractivity contribution is 0.102. The van der Waals surface area contributed by atoms with Gasteiger partial charge >= 0.3 is 0 Å². The number of rotatable bonds is 7. The molecule has 0 aliphatic rings. The summed E-state index contributed by atoms with van der Waals surface area (Å²) in [5.41, 5.74) is 2.94. The number of hydrogen-bond acceptors (Lipinski definition) is 7. The fraction of sp³-hybridized carbons (Fsp3) is 0.0870.